The lowest BCUT2D eigenvalue weighted by molar-refractivity contribution is -0.122. The molecule has 0 unspecified atom stereocenters. The summed E-state index contributed by atoms with van der Waals surface area (Å²) >= 11 is 0. The second kappa shape index (κ2) is 6.74. The van der Waals surface area contributed by atoms with Gasteiger partial charge in [-0.25, -0.2) is 4.39 Å². The molecule has 5 heteroatoms. The predicted molar refractivity (Wildman–Crippen MR) is 66.6 cm³/mol. The lowest BCUT2D eigenvalue weighted by Crippen LogP contribution is -2.45. The molecule has 1 atom stereocenters. The van der Waals surface area contributed by atoms with Crippen LogP contribution in [0.5, 0.6) is 0 Å². The minimum atomic E-state index is -0.646. The quantitative estimate of drug-likeness (QED) is 0.833. The minimum absolute atomic E-state index is 0.199. The molecular weight excluding hydrogens is 235 g/mol. The van der Waals surface area contributed by atoms with Crippen LogP contribution in [-0.4, -0.2) is 24.4 Å². The van der Waals surface area contributed by atoms with E-state index in [0.29, 0.717) is 6.54 Å². The van der Waals surface area contributed by atoms with Crippen LogP contribution in [-0.2, 0) is 4.79 Å². The third-order valence-electron chi connectivity index (χ3n) is 2.38. The maximum atomic E-state index is 12.9. The third kappa shape index (κ3) is 4.16. The Kier molecular flexibility index (Phi) is 5.30. The van der Waals surface area contributed by atoms with Gasteiger partial charge in [-0.05, 0) is 31.5 Å². The van der Waals surface area contributed by atoms with Crippen molar-refractivity contribution in [1.29, 1.82) is 0 Å². The van der Waals surface area contributed by atoms with Crippen LogP contribution >= 0.6 is 0 Å². The second-order valence-corrected chi connectivity index (χ2v) is 4.00. The molecule has 0 aromatic heterocycles. The lowest BCUT2D eigenvalue weighted by atomic mass is 10.2. The molecule has 2 amide bonds. The molecule has 4 nitrogen and oxygen atoms in total. The molecule has 1 aromatic carbocycles. The summed E-state index contributed by atoms with van der Waals surface area (Å²) in [6.07, 6.45) is 0.830. The summed E-state index contributed by atoms with van der Waals surface area (Å²) in [4.78, 5) is 23.3. The van der Waals surface area contributed by atoms with Gasteiger partial charge in [-0.2, -0.15) is 0 Å². The number of nitrogens with one attached hydrogen (secondary N) is 2. The van der Waals surface area contributed by atoms with E-state index in [0.717, 1.165) is 12.5 Å². The highest BCUT2D eigenvalue weighted by atomic mass is 19.1. The van der Waals surface area contributed by atoms with Crippen molar-refractivity contribution in [3.05, 3.63) is 35.6 Å². The number of rotatable bonds is 5. The first kappa shape index (κ1) is 14.2. The molecule has 1 rings (SSSR count). The van der Waals surface area contributed by atoms with Crippen molar-refractivity contribution in [2.24, 2.45) is 0 Å². The molecular formula is C13H17FN2O2. The van der Waals surface area contributed by atoms with E-state index in [2.05, 4.69) is 10.6 Å². The van der Waals surface area contributed by atoms with E-state index in [4.69, 9.17) is 0 Å². The fourth-order valence-corrected chi connectivity index (χ4v) is 1.38. The van der Waals surface area contributed by atoms with E-state index in [9.17, 15) is 14.0 Å². The van der Waals surface area contributed by atoms with Gasteiger partial charge >= 0.3 is 0 Å². The van der Waals surface area contributed by atoms with Gasteiger partial charge in [0.25, 0.3) is 5.91 Å². The molecule has 0 spiro atoms. The molecule has 18 heavy (non-hydrogen) atoms. The summed E-state index contributed by atoms with van der Waals surface area (Å²) < 4.78 is 12.9. The molecule has 1 aromatic rings. The summed E-state index contributed by atoms with van der Waals surface area (Å²) in [6.45, 7) is 4.09. The normalized spacial score (nSPS) is 11.7. The Morgan fingerprint density at radius 2 is 2.11 bits per heavy atom. The van der Waals surface area contributed by atoms with Crippen molar-refractivity contribution in [3.63, 3.8) is 0 Å². The van der Waals surface area contributed by atoms with Crippen LogP contribution in [0.25, 0.3) is 0 Å². The van der Waals surface area contributed by atoms with E-state index in [1.165, 1.54) is 18.2 Å². The fourth-order valence-electron chi connectivity index (χ4n) is 1.38. The Bertz CT molecular complexity index is 435. The van der Waals surface area contributed by atoms with Crippen molar-refractivity contribution >= 4 is 11.8 Å². The zero-order valence-corrected chi connectivity index (χ0v) is 10.5. The number of carbonyl (C=O) groups is 2. The summed E-state index contributed by atoms with van der Waals surface area (Å²) in [7, 11) is 0. The smallest absolute Gasteiger partial charge is 0.252 e. The van der Waals surface area contributed by atoms with Crippen LogP contribution < -0.4 is 10.6 Å². The van der Waals surface area contributed by atoms with Crippen molar-refractivity contribution in [1.82, 2.24) is 10.6 Å². The van der Waals surface area contributed by atoms with E-state index < -0.39 is 17.8 Å². The average Bonchev–Trinajstić information content (AvgIpc) is 2.35. The van der Waals surface area contributed by atoms with Gasteiger partial charge in [-0.3, -0.25) is 9.59 Å². The first-order chi connectivity index (χ1) is 8.54. The van der Waals surface area contributed by atoms with Crippen molar-refractivity contribution in [2.75, 3.05) is 6.54 Å². The Labute approximate surface area is 106 Å². The van der Waals surface area contributed by atoms with Crippen LogP contribution in [0.3, 0.4) is 0 Å². The lowest BCUT2D eigenvalue weighted by Gasteiger charge is -2.13. The molecule has 0 saturated carbocycles. The van der Waals surface area contributed by atoms with Crippen LogP contribution in [0.15, 0.2) is 24.3 Å². The Hall–Kier alpha value is -1.91. The van der Waals surface area contributed by atoms with Gasteiger partial charge in [0.2, 0.25) is 5.91 Å². The Morgan fingerprint density at radius 3 is 2.72 bits per heavy atom. The molecule has 0 bridgehead atoms. The molecule has 0 saturated heterocycles. The number of amides is 2. The van der Waals surface area contributed by atoms with Gasteiger partial charge in [0.15, 0.2) is 0 Å². The first-order valence-corrected chi connectivity index (χ1v) is 5.88. The molecule has 0 aliphatic heterocycles. The summed E-state index contributed by atoms with van der Waals surface area (Å²) in [5, 5.41) is 5.19. The fraction of sp³-hybridized carbons (Fsp3) is 0.385. The van der Waals surface area contributed by atoms with Crippen LogP contribution in [0, 0.1) is 5.82 Å². The average molecular weight is 252 g/mol. The molecule has 0 aliphatic carbocycles. The highest BCUT2D eigenvalue weighted by molar-refractivity contribution is 5.97. The van der Waals surface area contributed by atoms with E-state index in [1.54, 1.807) is 6.92 Å². The predicted octanol–water partition coefficient (Wildman–Crippen LogP) is 1.47. The first-order valence-electron chi connectivity index (χ1n) is 5.88. The molecule has 98 valence electrons. The van der Waals surface area contributed by atoms with Crippen LogP contribution in [0.4, 0.5) is 4.39 Å². The van der Waals surface area contributed by atoms with Crippen LogP contribution in [0.1, 0.15) is 30.6 Å². The number of benzene rings is 1. The standard InChI is InChI=1S/C13H17FN2O2/c1-3-7-15-12(17)9(2)16-13(18)10-5-4-6-11(14)8-10/h4-6,8-9H,3,7H2,1-2H3,(H,15,17)(H,16,18)/t9-/m1/s1. The Balaban J connectivity index is 2.56. The van der Waals surface area contributed by atoms with E-state index in [1.807, 2.05) is 6.92 Å². The number of halogens is 1. The zero-order chi connectivity index (χ0) is 13.5. The summed E-state index contributed by atoms with van der Waals surface area (Å²) in [5.41, 5.74) is 0.199. The molecule has 2 N–H and O–H groups in total. The topological polar surface area (TPSA) is 58.2 Å². The Morgan fingerprint density at radius 1 is 1.39 bits per heavy atom. The maximum absolute atomic E-state index is 12.9. The SMILES string of the molecule is CCCNC(=O)[C@@H](C)NC(=O)c1cccc(F)c1. The van der Waals surface area contributed by atoms with Gasteiger partial charge in [-0.1, -0.05) is 13.0 Å². The number of carbonyl (C=O) groups excluding carboxylic acids is 2. The van der Waals surface area contributed by atoms with E-state index >= 15 is 0 Å². The zero-order valence-electron chi connectivity index (χ0n) is 10.5. The number of hydrogen-bond acceptors (Lipinski definition) is 2. The van der Waals surface area contributed by atoms with Gasteiger partial charge in [-0.15, -0.1) is 0 Å². The van der Waals surface area contributed by atoms with Gasteiger partial charge in [0, 0.05) is 12.1 Å². The van der Waals surface area contributed by atoms with Crippen molar-refractivity contribution in [2.45, 2.75) is 26.3 Å². The summed E-state index contributed by atoms with van der Waals surface area (Å²) in [5.74, 6) is -1.19. The minimum Gasteiger partial charge on any atom is -0.354 e. The number of hydrogen-bond donors (Lipinski definition) is 2. The van der Waals surface area contributed by atoms with Gasteiger partial charge in [0.05, 0.1) is 0 Å². The van der Waals surface area contributed by atoms with Gasteiger partial charge in [0.1, 0.15) is 11.9 Å². The van der Waals surface area contributed by atoms with Crippen molar-refractivity contribution < 1.29 is 14.0 Å². The molecule has 0 heterocycles. The highest BCUT2D eigenvalue weighted by Gasteiger charge is 2.16. The summed E-state index contributed by atoms with van der Waals surface area (Å²) in [6, 6.07) is 4.69. The highest BCUT2D eigenvalue weighted by Crippen LogP contribution is 2.03. The van der Waals surface area contributed by atoms with E-state index in [-0.39, 0.29) is 11.5 Å². The third-order valence-corrected chi connectivity index (χ3v) is 2.38. The van der Waals surface area contributed by atoms with Gasteiger partial charge < -0.3 is 10.6 Å². The molecule has 0 aliphatic rings. The monoisotopic (exact) mass is 252 g/mol. The largest absolute Gasteiger partial charge is 0.354 e. The van der Waals surface area contributed by atoms with Crippen LogP contribution in [0.2, 0.25) is 0 Å². The molecule has 0 fully saturated rings. The maximum Gasteiger partial charge on any atom is 0.252 e. The second-order valence-electron chi connectivity index (χ2n) is 4.00. The van der Waals surface area contributed by atoms with Crippen molar-refractivity contribution in [3.8, 4) is 0 Å². The molecule has 0 radical (unpaired) electrons.